The number of unbranched alkanes of at least 4 members (excludes halogenated alkanes) is 4. The molecule has 0 bridgehead atoms. The van der Waals surface area contributed by atoms with Gasteiger partial charge in [0, 0.05) is 19.5 Å². The van der Waals surface area contributed by atoms with E-state index in [-0.39, 0.29) is 12.0 Å². The summed E-state index contributed by atoms with van der Waals surface area (Å²) in [7, 11) is 1.38. The molecule has 0 radical (unpaired) electrons. The molecule has 0 saturated heterocycles. The molecule has 0 aromatic heterocycles. The molecule has 0 rings (SSSR count). The third-order valence-electron chi connectivity index (χ3n) is 2.64. The summed E-state index contributed by atoms with van der Waals surface area (Å²) in [5.74, 6) is -0.199. The Kier molecular flexibility index (Phi) is 11.3. The summed E-state index contributed by atoms with van der Waals surface area (Å²) in [5, 5.41) is 5.57. The Bertz CT molecular complexity index is 232. The summed E-state index contributed by atoms with van der Waals surface area (Å²) in [5.41, 5.74) is 0. The topological polar surface area (TPSA) is 67.4 Å². The SMILES string of the molecule is CCCCCCNC(=O)NCCCCC(=O)OC. The van der Waals surface area contributed by atoms with Gasteiger partial charge in [-0.15, -0.1) is 0 Å². The first-order valence-corrected chi connectivity index (χ1v) is 6.79. The number of carbonyl (C=O) groups is 2. The van der Waals surface area contributed by atoms with Gasteiger partial charge < -0.3 is 15.4 Å². The number of methoxy groups -OCH3 is 1. The van der Waals surface area contributed by atoms with Gasteiger partial charge in [-0.2, -0.15) is 0 Å². The number of hydrogen-bond acceptors (Lipinski definition) is 3. The molecular formula is C13H26N2O3. The van der Waals surface area contributed by atoms with Crippen LogP contribution in [0.3, 0.4) is 0 Å². The van der Waals surface area contributed by atoms with Gasteiger partial charge in [0.05, 0.1) is 7.11 Å². The maximum atomic E-state index is 11.3. The molecule has 0 aromatic rings. The van der Waals surface area contributed by atoms with Gasteiger partial charge in [-0.05, 0) is 19.3 Å². The van der Waals surface area contributed by atoms with Crippen LogP contribution in [0.4, 0.5) is 4.79 Å². The van der Waals surface area contributed by atoms with Crippen molar-refractivity contribution in [2.75, 3.05) is 20.2 Å². The third-order valence-corrected chi connectivity index (χ3v) is 2.64. The molecule has 2 amide bonds. The third kappa shape index (κ3) is 11.2. The number of carbonyl (C=O) groups excluding carboxylic acids is 2. The van der Waals surface area contributed by atoms with E-state index in [1.807, 2.05) is 0 Å². The van der Waals surface area contributed by atoms with Gasteiger partial charge in [-0.3, -0.25) is 4.79 Å². The molecular weight excluding hydrogens is 232 g/mol. The van der Waals surface area contributed by atoms with Gasteiger partial charge in [0.15, 0.2) is 0 Å². The Morgan fingerprint density at radius 3 is 2.11 bits per heavy atom. The lowest BCUT2D eigenvalue weighted by Gasteiger charge is -2.07. The normalized spacial score (nSPS) is 9.89. The van der Waals surface area contributed by atoms with Crippen LogP contribution in [-0.2, 0) is 9.53 Å². The number of ether oxygens (including phenoxy) is 1. The molecule has 5 heteroatoms. The molecule has 0 aromatic carbocycles. The molecule has 0 unspecified atom stereocenters. The minimum atomic E-state index is -0.199. The maximum absolute atomic E-state index is 11.3. The lowest BCUT2D eigenvalue weighted by atomic mass is 10.2. The van der Waals surface area contributed by atoms with Crippen molar-refractivity contribution >= 4 is 12.0 Å². The highest BCUT2D eigenvalue weighted by atomic mass is 16.5. The lowest BCUT2D eigenvalue weighted by Crippen LogP contribution is -2.36. The molecule has 0 aliphatic rings. The van der Waals surface area contributed by atoms with Crippen molar-refractivity contribution < 1.29 is 14.3 Å². The van der Waals surface area contributed by atoms with E-state index < -0.39 is 0 Å². The van der Waals surface area contributed by atoms with Crippen LogP contribution >= 0.6 is 0 Å². The van der Waals surface area contributed by atoms with Crippen LogP contribution in [0.2, 0.25) is 0 Å². The summed E-state index contributed by atoms with van der Waals surface area (Å²) < 4.78 is 4.52. The minimum Gasteiger partial charge on any atom is -0.469 e. The van der Waals surface area contributed by atoms with E-state index in [1.54, 1.807) is 0 Å². The highest BCUT2D eigenvalue weighted by Crippen LogP contribution is 1.97. The number of esters is 1. The number of rotatable bonds is 10. The first-order chi connectivity index (χ1) is 8.70. The van der Waals surface area contributed by atoms with E-state index in [4.69, 9.17) is 0 Å². The summed E-state index contributed by atoms with van der Waals surface area (Å²) in [6.45, 7) is 3.49. The minimum absolute atomic E-state index is 0.121. The van der Waals surface area contributed by atoms with Gasteiger partial charge in [0.1, 0.15) is 0 Å². The van der Waals surface area contributed by atoms with Crippen molar-refractivity contribution in [1.82, 2.24) is 10.6 Å². The second-order valence-electron chi connectivity index (χ2n) is 4.28. The van der Waals surface area contributed by atoms with Crippen molar-refractivity contribution in [1.29, 1.82) is 0 Å². The van der Waals surface area contributed by atoms with E-state index >= 15 is 0 Å². The van der Waals surface area contributed by atoms with Gasteiger partial charge in [-0.25, -0.2) is 4.79 Å². The number of nitrogens with one attached hydrogen (secondary N) is 2. The second-order valence-corrected chi connectivity index (χ2v) is 4.28. The molecule has 106 valence electrons. The predicted molar refractivity (Wildman–Crippen MR) is 71.4 cm³/mol. The van der Waals surface area contributed by atoms with Crippen LogP contribution in [0.1, 0.15) is 51.9 Å². The standard InChI is InChI=1S/C13H26N2O3/c1-3-4-5-7-10-14-13(17)15-11-8-6-9-12(16)18-2/h3-11H2,1-2H3,(H2,14,15,17). The fourth-order valence-corrected chi connectivity index (χ4v) is 1.51. The fraction of sp³-hybridized carbons (Fsp3) is 0.846. The molecule has 5 nitrogen and oxygen atoms in total. The molecule has 2 N–H and O–H groups in total. The highest BCUT2D eigenvalue weighted by Gasteiger charge is 2.01. The molecule has 0 aliphatic carbocycles. The predicted octanol–water partition coefficient (Wildman–Crippen LogP) is 2.21. The molecule has 0 fully saturated rings. The maximum Gasteiger partial charge on any atom is 0.314 e. The Morgan fingerprint density at radius 1 is 0.944 bits per heavy atom. The molecule has 0 saturated carbocycles. The van der Waals surface area contributed by atoms with Crippen LogP contribution in [0.5, 0.6) is 0 Å². The first kappa shape index (κ1) is 16.7. The summed E-state index contributed by atoms with van der Waals surface area (Å²) in [4.78, 5) is 22.1. The van der Waals surface area contributed by atoms with E-state index in [0.717, 1.165) is 32.2 Å². The van der Waals surface area contributed by atoms with Crippen LogP contribution < -0.4 is 10.6 Å². The Balaban J connectivity index is 3.24. The van der Waals surface area contributed by atoms with Crippen molar-refractivity contribution in [3.63, 3.8) is 0 Å². The monoisotopic (exact) mass is 258 g/mol. The van der Waals surface area contributed by atoms with Crippen molar-refractivity contribution in [2.24, 2.45) is 0 Å². The number of amides is 2. The largest absolute Gasteiger partial charge is 0.469 e. The zero-order valence-corrected chi connectivity index (χ0v) is 11.6. The van der Waals surface area contributed by atoms with Gasteiger partial charge in [0.25, 0.3) is 0 Å². The first-order valence-electron chi connectivity index (χ1n) is 6.79. The van der Waals surface area contributed by atoms with Gasteiger partial charge >= 0.3 is 12.0 Å². The van der Waals surface area contributed by atoms with Crippen molar-refractivity contribution in [3.8, 4) is 0 Å². The molecule has 0 spiro atoms. The number of hydrogen-bond donors (Lipinski definition) is 2. The van der Waals surface area contributed by atoms with Crippen LogP contribution in [0.15, 0.2) is 0 Å². The average Bonchev–Trinajstić information content (AvgIpc) is 2.37. The second kappa shape index (κ2) is 12.2. The van der Waals surface area contributed by atoms with Crippen molar-refractivity contribution in [3.05, 3.63) is 0 Å². The van der Waals surface area contributed by atoms with Crippen LogP contribution in [-0.4, -0.2) is 32.2 Å². The lowest BCUT2D eigenvalue weighted by molar-refractivity contribution is -0.140. The molecule has 0 atom stereocenters. The summed E-state index contributed by atoms with van der Waals surface area (Å²) in [6.07, 6.45) is 6.56. The number of urea groups is 1. The van der Waals surface area contributed by atoms with E-state index in [2.05, 4.69) is 22.3 Å². The smallest absolute Gasteiger partial charge is 0.314 e. The molecule has 0 aliphatic heterocycles. The highest BCUT2D eigenvalue weighted by molar-refractivity contribution is 5.73. The zero-order valence-electron chi connectivity index (χ0n) is 11.6. The van der Waals surface area contributed by atoms with E-state index in [9.17, 15) is 9.59 Å². The van der Waals surface area contributed by atoms with E-state index in [0.29, 0.717) is 13.0 Å². The fourth-order valence-electron chi connectivity index (χ4n) is 1.51. The summed E-state index contributed by atoms with van der Waals surface area (Å²) >= 11 is 0. The van der Waals surface area contributed by atoms with Gasteiger partial charge in [-0.1, -0.05) is 26.2 Å². The van der Waals surface area contributed by atoms with Crippen LogP contribution in [0, 0.1) is 0 Å². The van der Waals surface area contributed by atoms with Crippen LogP contribution in [0.25, 0.3) is 0 Å². The Labute approximate surface area is 110 Å². The Morgan fingerprint density at radius 2 is 1.56 bits per heavy atom. The average molecular weight is 258 g/mol. The Hall–Kier alpha value is -1.26. The molecule has 0 heterocycles. The zero-order chi connectivity index (χ0) is 13.6. The van der Waals surface area contributed by atoms with E-state index in [1.165, 1.54) is 20.0 Å². The quantitative estimate of drug-likeness (QED) is 0.466. The van der Waals surface area contributed by atoms with Crippen molar-refractivity contribution in [2.45, 2.75) is 51.9 Å². The van der Waals surface area contributed by atoms with Gasteiger partial charge in [0.2, 0.25) is 0 Å². The summed E-state index contributed by atoms with van der Waals surface area (Å²) in [6, 6.07) is -0.121. The molecule has 18 heavy (non-hydrogen) atoms.